The minimum atomic E-state index is -1.00. The number of benzene rings is 1. The largest absolute Gasteiger partial charge is 0.443 e. The summed E-state index contributed by atoms with van der Waals surface area (Å²) in [5.41, 5.74) is 4.55. The molecule has 1 aromatic heterocycles. The molecule has 2 amide bonds. The van der Waals surface area contributed by atoms with Crippen molar-refractivity contribution in [2.24, 2.45) is 0 Å². The number of imide groups is 1. The highest BCUT2D eigenvalue weighted by atomic mass is 16.6. The number of nitrogens with two attached hydrogens (primary N) is 1. The van der Waals surface area contributed by atoms with E-state index >= 15 is 0 Å². The summed E-state index contributed by atoms with van der Waals surface area (Å²) >= 11 is 0. The maximum absolute atomic E-state index is 13.0. The molecule has 0 unspecified atom stereocenters. The maximum atomic E-state index is 13.0. The Hall–Kier alpha value is -3.56. The van der Waals surface area contributed by atoms with Crippen LogP contribution in [-0.2, 0) is 14.2 Å². The molecule has 0 aliphatic rings. The molecule has 1 aromatic carbocycles. The van der Waals surface area contributed by atoms with Crippen LogP contribution in [0, 0.1) is 0 Å². The van der Waals surface area contributed by atoms with Crippen LogP contribution in [-0.4, -0.2) is 44.9 Å². The minimum absolute atomic E-state index is 0.166. The van der Waals surface area contributed by atoms with Gasteiger partial charge in [0.25, 0.3) is 0 Å². The maximum Gasteiger partial charge on any atom is 0.435 e. The fraction of sp³-hybridized carbons (Fsp3) is 0.500. The summed E-state index contributed by atoms with van der Waals surface area (Å²) in [5, 5.41) is 4.23. The number of nitrogen functional groups attached to an aromatic ring is 1. The number of ether oxygens (including phenoxy) is 3. The van der Waals surface area contributed by atoms with Gasteiger partial charge in [0.15, 0.2) is 5.82 Å². The molecule has 1 heterocycles. The average molecular weight is 475 g/mol. The lowest BCUT2D eigenvalue weighted by Gasteiger charge is -2.27. The third kappa shape index (κ3) is 7.50. The van der Waals surface area contributed by atoms with Crippen LogP contribution in [0.15, 0.2) is 30.3 Å². The second kappa shape index (κ2) is 9.36. The standard InChI is InChI=1S/C24H34N4O6/c1-22(2,3)32-19(29)27(20(30)33-23(4,5)6)18-14-17(15-10-12-16(25)13-11-15)28(26-18)21(31)34-24(7,8)9/h10-14H,25H2,1-9H3. The van der Waals surface area contributed by atoms with Crippen molar-refractivity contribution in [3.63, 3.8) is 0 Å². The number of hydrogen-bond donors (Lipinski definition) is 1. The van der Waals surface area contributed by atoms with Crippen molar-refractivity contribution in [1.29, 1.82) is 0 Å². The molecule has 0 bridgehead atoms. The van der Waals surface area contributed by atoms with E-state index in [2.05, 4.69) is 5.10 Å². The zero-order chi connectivity index (χ0) is 26.1. The molecule has 2 aromatic rings. The first-order chi connectivity index (χ1) is 15.4. The van der Waals surface area contributed by atoms with Crippen LogP contribution in [0.4, 0.5) is 25.9 Å². The Bertz CT molecular complexity index is 1030. The molecule has 0 saturated heterocycles. The molecule has 10 nitrogen and oxygen atoms in total. The summed E-state index contributed by atoms with van der Waals surface area (Å²) in [7, 11) is 0. The first kappa shape index (κ1) is 26.7. The van der Waals surface area contributed by atoms with Gasteiger partial charge >= 0.3 is 18.3 Å². The highest BCUT2D eigenvalue weighted by Gasteiger charge is 2.36. The van der Waals surface area contributed by atoms with Crippen molar-refractivity contribution in [2.45, 2.75) is 79.1 Å². The summed E-state index contributed by atoms with van der Waals surface area (Å²) < 4.78 is 17.3. The van der Waals surface area contributed by atoms with Gasteiger partial charge in [-0.2, -0.15) is 9.58 Å². The van der Waals surface area contributed by atoms with E-state index in [0.29, 0.717) is 16.2 Å². The van der Waals surface area contributed by atoms with Crippen molar-refractivity contribution < 1.29 is 28.6 Å². The average Bonchev–Trinajstić information content (AvgIpc) is 3.02. The topological polar surface area (TPSA) is 126 Å². The lowest BCUT2D eigenvalue weighted by atomic mass is 10.1. The predicted octanol–water partition coefficient (Wildman–Crippen LogP) is 5.59. The molecule has 34 heavy (non-hydrogen) atoms. The van der Waals surface area contributed by atoms with E-state index in [-0.39, 0.29) is 11.5 Å². The molecule has 186 valence electrons. The molecule has 2 N–H and O–H groups in total. The molecule has 0 spiro atoms. The van der Waals surface area contributed by atoms with Crippen LogP contribution in [0.5, 0.6) is 0 Å². The zero-order valence-corrected chi connectivity index (χ0v) is 21.3. The molecule has 0 aliphatic heterocycles. The predicted molar refractivity (Wildman–Crippen MR) is 129 cm³/mol. The van der Waals surface area contributed by atoms with E-state index in [1.54, 1.807) is 86.6 Å². The minimum Gasteiger partial charge on any atom is -0.443 e. The Labute approximate surface area is 199 Å². The molecule has 0 fully saturated rings. The lowest BCUT2D eigenvalue weighted by molar-refractivity contribution is 0.0420. The normalized spacial score (nSPS) is 12.1. The van der Waals surface area contributed by atoms with Crippen molar-refractivity contribution in [3.05, 3.63) is 30.3 Å². The Morgan fingerprint density at radius 2 is 1.24 bits per heavy atom. The number of hydrogen-bond acceptors (Lipinski definition) is 8. The highest BCUT2D eigenvalue weighted by molar-refractivity contribution is 6.09. The Balaban J connectivity index is 2.66. The van der Waals surface area contributed by atoms with Crippen molar-refractivity contribution in [2.75, 3.05) is 10.6 Å². The number of aromatic nitrogens is 2. The van der Waals surface area contributed by atoms with E-state index in [1.807, 2.05) is 0 Å². The number of carbonyl (C=O) groups is 3. The van der Waals surface area contributed by atoms with Crippen LogP contribution >= 0.6 is 0 Å². The molecule has 0 atom stereocenters. The number of anilines is 2. The monoisotopic (exact) mass is 474 g/mol. The SMILES string of the molecule is CC(C)(C)OC(=O)N(C(=O)OC(C)(C)C)c1cc(-c2ccc(N)cc2)n(C(=O)OC(C)(C)C)n1. The number of rotatable bonds is 2. The summed E-state index contributed by atoms with van der Waals surface area (Å²) in [4.78, 5) is 39.6. The molecular formula is C24H34N4O6. The van der Waals surface area contributed by atoms with Gasteiger partial charge in [0, 0.05) is 17.3 Å². The fourth-order valence-electron chi connectivity index (χ4n) is 2.66. The molecule has 0 aliphatic carbocycles. The summed E-state index contributed by atoms with van der Waals surface area (Å²) in [6, 6.07) is 8.08. The molecule has 10 heteroatoms. The van der Waals surface area contributed by atoms with Gasteiger partial charge in [0.1, 0.15) is 16.8 Å². The van der Waals surface area contributed by atoms with Crippen molar-refractivity contribution in [3.8, 4) is 11.3 Å². The number of carbonyl (C=O) groups excluding carboxylic acids is 3. The van der Waals surface area contributed by atoms with Gasteiger partial charge in [-0.25, -0.2) is 14.4 Å². The van der Waals surface area contributed by atoms with E-state index in [4.69, 9.17) is 19.9 Å². The molecular weight excluding hydrogens is 440 g/mol. The Kier molecular flexibility index (Phi) is 7.35. The number of amides is 2. The Morgan fingerprint density at radius 1 is 0.794 bits per heavy atom. The first-order valence-electron chi connectivity index (χ1n) is 10.8. The van der Waals surface area contributed by atoms with Gasteiger partial charge in [-0.15, -0.1) is 5.10 Å². The number of nitrogens with zero attached hydrogens (tertiary/aromatic N) is 3. The lowest BCUT2D eigenvalue weighted by Crippen LogP contribution is -2.44. The molecule has 0 saturated carbocycles. The van der Waals surface area contributed by atoms with Crippen LogP contribution in [0.2, 0.25) is 0 Å². The Morgan fingerprint density at radius 3 is 1.65 bits per heavy atom. The smallest absolute Gasteiger partial charge is 0.435 e. The van der Waals surface area contributed by atoms with Crippen LogP contribution in [0.1, 0.15) is 62.3 Å². The van der Waals surface area contributed by atoms with Gasteiger partial charge < -0.3 is 19.9 Å². The van der Waals surface area contributed by atoms with Crippen LogP contribution < -0.4 is 10.6 Å². The van der Waals surface area contributed by atoms with E-state index in [9.17, 15) is 14.4 Å². The van der Waals surface area contributed by atoms with Crippen molar-refractivity contribution in [1.82, 2.24) is 9.78 Å². The van der Waals surface area contributed by atoms with Gasteiger partial charge in [-0.3, -0.25) is 0 Å². The van der Waals surface area contributed by atoms with Gasteiger partial charge in [-0.1, -0.05) is 12.1 Å². The van der Waals surface area contributed by atoms with Gasteiger partial charge in [-0.05, 0) is 74.4 Å². The second-order valence-electron chi connectivity index (χ2n) is 10.7. The third-order valence-electron chi connectivity index (χ3n) is 3.85. The first-order valence-corrected chi connectivity index (χ1v) is 10.8. The van der Waals surface area contributed by atoms with Gasteiger partial charge in [0.2, 0.25) is 0 Å². The van der Waals surface area contributed by atoms with Gasteiger partial charge in [0.05, 0.1) is 5.69 Å². The summed E-state index contributed by atoms with van der Waals surface area (Å²) in [6.45, 7) is 15.1. The van der Waals surface area contributed by atoms with Crippen LogP contribution in [0.3, 0.4) is 0 Å². The van der Waals surface area contributed by atoms with Crippen molar-refractivity contribution >= 4 is 29.8 Å². The quantitative estimate of drug-likeness (QED) is 0.441. The highest BCUT2D eigenvalue weighted by Crippen LogP contribution is 2.29. The van der Waals surface area contributed by atoms with E-state index in [0.717, 1.165) is 4.68 Å². The molecule has 0 radical (unpaired) electrons. The second-order valence-corrected chi connectivity index (χ2v) is 10.7. The fourth-order valence-corrected chi connectivity index (χ4v) is 2.66. The van der Waals surface area contributed by atoms with E-state index in [1.165, 1.54) is 6.07 Å². The van der Waals surface area contributed by atoms with E-state index < -0.39 is 35.1 Å². The third-order valence-corrected chi connectivity index (χ3v) is 3.85. The zero-order valence-electron chi connectivity index (χ0n) is 21.3. The van der Waals surface area contributed by atoms with Crippen LogP contribution in [0.25, 0.3) is 11.3 Å². The summed E-state index contributed by atoms with van der Waals surface area (Å²) in [5.74, 6) is -0.166. The molecule has 2 rings (SSSR count). The summed E-state index contributed by atoms with van der Waals surface area (Å²) in [6.07, 6.45) is -2.79.